The van der Waals surface area contributed by atoms with Gasteiger partial charge in [0, 0.05) is 6.04 Å². The summed E-state index contributed by atoms with van der Waals surface area (Å²) in [5, 5.41) is 0. The lowest BCUT2D eigenvalue weighted by molar-refractivity contribution is 0.861. The van der Waals surface area contributed by atoms with Crippen molar-refractivity contribution >= 4 is 0 Å². The van der Waals surface area contributed by atoms with Crippen LogP contribution in [0.5, 0.6) is 0 Å². The summed E-state index contributed by atoms with van der Waals surface area (Å²) in [6.07, 6.45) is 3.67. The lowest BCUT2D eigenvalue weighted by Crippen LogP contribution is -2.15. The van der Waals surface area contributed by atoms with Crippen LogP contribution in [0.2, 0.25) is 0 Å². The summed E-state index contributed by atoms with van der Waals surface area (Å²) < 4.78 is 0. The third-order valence-electron chi connectivity index (χ3n) is 1.10. The molecule has 0 saturated heterocycles. The number of nitrogens with two attached hydrogens (primary N) is 1. The lowest BCUT2D eigenvalue weighted by atomic mass is 10.1. The molecule has 1 nitrogen and oxygen atoms in total. The molecule has 8 heavy (non-hydrogen) atoms. The Bertz CT molecular complexity index is 101. The van der Waals surface area contributed by atoms with E-state index in [0.717, 1.165) is 0 Å². The second kappa shape index (κ2) is 3.44. The van der Waals surface area contributed by atoms with Crippen LogP contribution in [-0.2, 0) is 0 Å². The highest BCUT2D eigenvalue weighted by Crippen LogP contribution is 1.95. The van der Waals surface area contributed by atoms with E-state index in [1.54, 1.807) is 6.08 Å². The zero-order valence-electron chi connectivity index (χ0n) is 5.52. The number of allylic oxidation sites excluding steroid dienone is 2. The topological polar surface area (TPSA) is 26.0 Å². The van der Waals surface area contributed by atoms with Gasteiger partial charge in [-0.1, -0.05) is 24.3 Å². The zero-order valence-corrected chi connectivity index (χ0v) is 5.52. The summed E-state index contributed by atoms with van der Waals surface area (Å²) in [7, 11) is 0. The minimum absolute atomic E-state index is 0.160. The Balaban J connectivity index is 3.78. The summed E-state index contributed by atoms with van der Waals surface area (Å²) in [6, 6.07) is 0.160. The van der Waals surface area contributed by atoms with Crippen molar-refractivity contribution in [2.45, 2.75) is 19.9 Å². The quantitative estimate of drug-likeness (QED) is 0.536. The van der Waals surface area contributed by atoms with Gasteiger partial charge in [-0.25, -0.2) is 0 Å². The van der Waals surface area contributed by atoms with Crippen LogP contribution in [0.3, 0.4) is 0 Å². The van der Waals surface area contributed by atoms with Gasteiger partial charge in [-0.2, -0.15) is 0 Å². The van der Waals surface area contributed by atoms with E-state index in [9.17, 15) is 0 Å². The van der Waals surface area contributed by atoms with Gasteiger partial charge in [0.15, 0.2) is 0 Å². The van der Waals surface area contributed by atoms with E-state index in [1.807, 2.05) is 19.9 Å². The van der Waals surface area contributed by atoms with Crippen LogP contribution in [0, 0.1) is 0 Å². The maximum atomic E-state index is 5.51. The summed E-state index contributed by atoms with van der Waals surface area (Å²) in [6.45, 7) is 7.50. The number of rotatable bonds is 2. The molecule has 0 spiro atoms. The molecule has 0 aliphatic carbocycles. The van der Waals surface area contributed by atoms with E-state index in [1.165, 1.54) is 5.57 Å². The number of hydrogen-bond donors (Lipinski definition) is 1. The van der Waals surface area contributed by atoms with Crippen LogP contribution >= 0.6 is 0 Å². The van der Waals surface area contributed by atoms with Crippen molar-refractivity contribution in [3.63, 3.8) is 0 Å². The van der Waals surface area contributed by atoms with Crippen molar-refractivity contribution in [1.29, 1.82) is 0 Å². The van der Waals surface area contributed by atoms with E-state index >= 15 is 0 Å². The van der Waals surface area contributed by atoms with Gasteiger partial charge in [0.2, 0.25) is 0 Å². The molecular formula is C7H13N. The number of hydrogen-bond acceptors (Lipinski definition) is 1. The normalized spacial score (nSPS) is 15.6. The molecule has 0 bridgehead atoms. The first-order chi connectivity index (χ1) is 3.68. The highest BCUT2D eigenvalue weighted by atomic mass is 14.6. The van der Waals surface area contributed by atoms with E-state index in [2.05, 4.69) is 6.58 Å². The summed E-state index contributed by atoms with van der Waals surface area (Å²) in [4.78, 5) is 0. The summed E-state index contributed by atoms with van der Waals surface area (Å²) >= 11 is 0. The lowest BCUT2D eigenvalue weighted by Gasteiger charge is -2.01. The van der Waals surface area contributed by atoms with Crippen LogP contribution in [0.15, 0.2) is 24.3 Å². The molecule has 0 rings (SSSR count). The molecule has 0 aromatic carbocycles. The third-order valence-corrected chi connectivity index (χ3v) is 1.10. The molecule has 1 heteroatoms. The van der Waals surface area contributed by atoms with Crippen molar-refractivity contribution in [1.82, 2.24) is 0 Å². The molecule has 1 atom stereocenters. The molecule has 46 valence electrons. The SMILES string of the molecule is C=C/C=C(\C)C(C)N. The molecule has 2 N–H and O–H groups in total. The van der Waals surface area contributed by atoms with Gasteiger partial charge in [0.25, 0.3) is 0 Å². The van der Waals surface area contributed by atoms with Gasteiger partial charge in [-0.05, 0) is 13.8 Å². The van der Waals surface area contributed by atoms with E-state index in [4.69, 9.17) is 5.73 Å². The minimum Gasteiger partial charge on any atom is -0.324 e. The molecule has 0 aromatic heterocycles. The van der Waals surface area contributed by atoms with Gasteiger partial charge in [0.05, 0.1) is 0 Å². The molecule has 0 aromatic rings. The average molecular weight is 111 g/mol. The molecule has 0 radical (unpaired) electrons. The molecule has 0 amide bonds. The van der Waals surface area contributed by atoms with Gasteiger partial charge < -0.3 is 5.73 Å². The standard InChI is InChI=1S/C7H13N/c1-4-5-6(2)7(3)8/h4-5,7H,1,8H2,2-3H3/b6-5+. The predicted molar refractivity (Wildman–Crippen MR) is 37.6 cm³/mol. The maximum absolute atomic E-state index is 5.51. The third kappa shape index (κ3) is 2.59. The molecule has 0 fully saturated rings. The second-order valence-electron chi connectivity index (χ2n) is 1.94. The van der Waals surface area contributed by atoms with E-state index < -0.39 is 0 Å². The highest BCUT2D eigenvalue weighted by molar-refractivity contribution is 5.12. The zero-order chi connectivity index (χ0) is 6.57. The van der Waals surface area contributed by atoms with Crippen LogP contribution in [0.4, 0.5) is 0 Å². The first kappa shape index (κ1) is 7.44. The van der Waals surface area contributed by atoms with Crippen LogP contribution < -0.4 is 5.73 Å². The Kier molecular flexibility index (Phi) is 3.20. The van der Waals surface area contributed by atoms with Crippen molar-refractivity contribution in [2.75, 3.05) is 0 Å². The fraction of sp³-hybridized carbons (Fsp3) is 0.429. The first-order valence-corrected chi connectivity index (χ1v) is 2.73. The van der Waals surface area contributed by atoms with Crippen molar-refractivity contribution < 1.29 is 0 Å². The van der Waals surface area contributed by atoms with Gasteiger partial charge in [-0.15, -0.1) is 0 Å². The molecular weight excluding hydrogens is 98.1 g/mol. The predicted octanol–water partition coefficient (Wildman–Crippen LogP) is 1.47. The molecule has 0 saturated carbocycles. The van der Waals surface area contributed by atoms with Gasteiger partial charge in [-0.3, -0.25) is 0 Å². The fourth-order valence-corrected chi connectivity index (χ4v) is 0.338. The highest BCUT2D eigenvalue weighted by Gasteiger charge is 1.91. The first-order valence-electron chi connectivity index (χ1n) is 2.73. The van der Waals surface area contributed by atoms with Crippen LogP contribution in [-0.4, -0.2) is 6.04 Å². The monoisotopic (exact) mass is 111 g/mol. The maximum Gasteiger partial charge on any atom is 0.0225 e. The Morgan fingerprint density at radius 2 is 2.25 bits per heavy atom. The molecule has 1 unspecified atom stereocenters. The summed E-state index contributed by atoms with van der Waals surface area (Å²) in [5.41, 5.74) is 6.67. The van der Waals surface area contributed by atoms with Gasteiger partial charge >= 0.3 is 0 Å². The van der Waals surface area contributed by atoms with Gasteiger partial charge in [0.1, 0.15) is 0 Å². The van der Waals surface area contributed by atoms with Crippen molar-refractivity contribution in [3.05, 3.63) is 24.3 Å². The second-order valence-corrected chi connectivity index (χ2v) is 1.94. The summed E-state index contributed by atoms with van der Waals surface area (Å²) in [5.74, 6) is 0. The smallest absolute Gasteiger partial charge is 0.0225 e. The van der Waals surface area contributed by atoms with Crippen molar-refractivity contribution in [3.8, 4) is 0 Å². The van der Waals surface area contributed by atoms with E-state index in [0.29, 0.717) is 0 Å². The fourth-order valence-electron chi connectivity index (χ4n) is 0.338. The molecule has 0 aliphatic rings. The Labute approximate surface area is 50.9 Å². The van der Waals surface area contributed by atoms with Crippen LogP contribution in [0.1, 0.15) is 13.8 Å². The van der Waals surface area contributed by atoms with E-state index in [-0.39, 0.29) is 6.04 Å². The Hall–Kier alpha value is -0.560. The minimum atomic E-state index is 0.160. The largest absolute Gasteiger partial charge is 0.324 e. The Morgan fingerprint density at radius 1 is 1.75 bits per heavy atom. The Morgan fingerprint density at radius 3 is 2.38 bits per heavy atom. The molecule has 0 heterocycles. The van der Waals surface area contributed by atoms with Crippen molar-refractivity contribution in [2.24, 2.45) is 5.73 Å². The molecule has 0 aliphatic heterocycles. The average Bonchev–Trinajstić information content (AvgIpc) is 1.67. The van der Waals surface area contributed by atoms with Crippen LogP contribution in [0.25, 0.3) is 0 Å².